The van der Waals surface area contributed by atoms with Crippen LogP contribution in [0.5, 0.6) is 0 Å². The Bertz CT molecular complexity index is 470. The van der Waals surface area contributed by atoms with Crippen molar-refractivity contribution in [3.05, 3.63) is 34.1 Å². The largest absolute Gasteiger partial charge is 0.349 e. The van der Waals surface area contributed by atoms with Crippen molar-refractivity contribution in [1.82, 2.24) is 10.6 Å². The van der Waals surface area contributed by atoms with Gasteiger partial charge >= 0.3 is 0 Å². The van der Waals surface area contributed by atoms with Crippen LogP contribution < -0.4 is 10.6 Å². The van der Waals surface area contributed by atoms with Gasteiger partial charge in [-0.3, -0.25) is 4.79 Å². The molecule has 90 valence electrons. The van der Waals surface area contributed by atoms with E-state index in [9.17, 15) is 9.18 Å². The summed E-state index contributed by atoms with van der Waals surface area (Å²) in [5.41, 5.74) is 0.109. The SMILES string of the molecule is O=C(NC1C2CNCC21)c1cc(Br)ccc1F. The summed E-state index contributed by atoms with van der Waals surface area (Å²) in [6.45, 7) is 1.91. The van der Waals surface area contributed by atoms with Crippen LogP contribution in [0.2, 0.25) is 0 Å². The molecule has 1 aromatic carbocycles. The summed E-state index contributed by atoms with van der Waals surface area (Å²) in [6.07, 6.45) is 0. The number of carbonyl (C=O) groups is 1. The summed E-state index contributed by atoms with van der Waals surface area (Å²) in [5.74, 6) is 0.279. The second kappa shape index (κ2) is 4.07. The van der Waals surface area contributed by atoms with E-state index in [1.807, 2.05) is 0 Å². The van der Waals surface area contributed by atoms with Crippen molar-refractivity contribution in [2.24, 2.45) is 11.8 Å². The van der Waals surface area contributed by atoms with Gasteiger partial charge in [-0.15, -0.1) is 0 Å². The Morgan fingerprint density at radius 3 is 2.82 bits per heavy atom. The number of benzene rings is 1. The van der Waals surface area contributed by atoms with E-state index >= 15 is 0 Å². The molecule has 0 radical (unpaired) electrons. The Labute approximate surface area is 107 Å². The van der Waals surface area contributed by atoms with E-state index in [4.69, 9.17) is 0 Å². The minimum atomic E-state index is -0.477. The van der Waals surface area contributed by atoms with Crippen molar-refractivity contribution in [1.29, 1.82) is 0 Å². The summed E-state index contributed by atoms with van der Waals surface area (Å²) < 4.78 is 14.2. The lowest BCUT2D eigenvalue weighted by Gasteiger charge is -2.08. The van der Waals surface area contributed by atoms with Gasteiger partial charge in [0.15, 0.2) is 0 Å². The van der Waals surface area contributed by atoms with Crippen LogP contribution in [0.4, 0.5) is 4.39 Å². The maximum absolute atomic E-state index is 13.5. The number of piperidine rings is 1. The normalized spacial score (nSPS) is 29.9. The third-order valence-electron chi connectivity index (χ3n) is 3.56. The Morgan fingerprint density at radius 1 is 1.41 bits per heavy atom. The molecule has 3 nitrogen and oxygen atoms in total. The molecule has 0 bridgehead atoms. The highest BCUT2D eigenvalue weighted by molar-refractivity contribution is 9.10. The molecule has 3 rings (SSSR count). The predicted molar refractivity (Wildman–Crippen MR) is 65.2 cm³/mol. The Hall–Kier alpha value is -0.940. The van der Waals surface area contributed by atoms with Gasteiger partial charge in [0.1, 0.15) is 5.82 Å². The molecule has 2 atom stereocenters. The number of fused-ring (bicyclic) bond motifs is 1. The lowest BCUT2D eigenvalue weighted by molar-refractivity contribution is 0.0942. The highest BCUT2D eigenvalue weighted by Gasteiger charge is 2.53. The molecule has 17 heavy (non-hydrogen) atoms. The molecular formula is C12H12BrFN2O. The highest BCUT2D eigenvalue weighted by atomic mass is 79.9. The van der Waals surface area contributed by atoms with Gasteiger partial charge in [-0.25, -0.2) is 4.39 Å². The van der Waals surface area contributed by atoms with Gasteiger partial charge in [0, 0.05) is 23.6 Å². The predicted octanol–water partition coefficient (Wildman–Crippen LogP) is 1.54. The zero-order chi connectivity index (χ0) is 12.0. The van der Waals surface area contributed by atoms with E-state index in [2.05, 4.69) is 26.6 Å². The molecule has 1 aliphatic carbocycles. The number of hydrogen-bond donors (Lipinski definition) is 2. The summed E-state index contributed by atoms with van der Waals surface area (Å²) in [7, 11) is 0. The molecule has 0 aromatic heterocycles. The number of amides is 1. The molecule has 1 amide bonds. The topological polar surface area (TPSA) is 41.1 Å². The molecule has 5 heteroatoms. The maximum atomic E-state index is 13.5. The lowest BCUT2D eigenvalue weighted by Crippen LogP contribution is -2.33. The first-order valence-electron chi connectivity index (χ1n) is 5.63. The summed E-state index contributed by atoms with van der Waals surface area (Å²) in [5, 5.41) is 6.15. The molecule has 2 aliphatic rings. The quantitative estimate of drug-likeness (QED) is 0.869. The van der Waals surface area contributed by atoms with E-state index in [1.165, 1.54) is 12.1 Å². The number of halogens is 2. The molecule has 1 heterocycles. The Morgan fingerprint density at radius 2 is 2.12 bits per heavy atom. The smallest absolute Gasteiger partial charge is 0.254 e. The fourth-order valence-electron chi connectivity index (χ4n) is 2.53. The third-order valence-corrected chi connectivity index (χ3v) is 4.06. The zero-order valence-electron chi connectivity index (χ0n) is 9.04. The molecule has 1 aliphatic heterocycles. The first-order valence-corrected chi connectivity index (χ1v) is 6.43. The van der Waals surface area contributed by atoms with Crippen molar-refractivity contribution in [2.45, 2.75) is 6.04 Å². The molecule has 1 aromatic rings. The zero-order valence-corrected chi connectivity index (χ0v) is 10.6. The molecule has 2 fully saturated rings. The van der Waals surface area contributed by atoms with Crippen LogP contribution in [-0.2, 0) is 0 Å². The number of nitrogens with one attached hydrogen (secondary N) is 2. The minimum absolute atomic E-state index is 0.109. The van der Waals surface area contributed by atoms with Gasteiger partial charge in [0.25, 0.3) is 5.91 Å². The van der Waals surface area contributed by atoms with Gasteiger partial charge < -0.3 is 10.6 Å². The Balaban J connectivity index is 1.72. The van der Waals surface area contributed by atoms with E-state index in [0.29, 0.717) is 16.3 Å². The molecule has 0 spiro atoms. The maximum Gasteiger partial charge on any atom is 0.254 e. The van der Waals surface area contributed by atoms with Crippen LogP contribution >= 0.6 is 15.9 Å². The van der Waals surface area contributed by atoms with Crippen molar-refractivity contribution in [3.63, 3.8) is 0 Å². The van der Waals surface area contributed by atoms with Crippen LogP contribution in [0.1, 0.15) is 10.4 Å². The van der Waals surface area contributed by atoms with Crippen LogP contribution in [0.25, 0.3) is 0 Å². The highest BCUT2D eigenvalue weighted by Crippen LogP contribution is 2.41. The van der Waals surface area contributed by atoms with E-state index in [-0.39, 0.29) is 17.5 Å². The van der Waals surface area contributed by atoms with Crippen molar-refractivity contribution < 1.29 is 9.18 Å². The fourth-order valence-corrected chi connectivity index (χ4v) is 2.89. The Kier molecular flexibility index (Phi) is 2.67. The van der Waals surface area contributed by atoms with Crippen LogP contribution in [0.3, 0.4) is 0 Å². The van der Waals surface area contributed by atoms with Gasteiger partial charge in [-0.1, -0.05) is 15.9 Å². The second-order valence-corrected chi connectivity index (χ2v) is 5.53. The average molecular weight is 299 g/mol. The van der Waals surface area contributed by atoms with Crippen LogP contribution in [0.15, 0.2) is 22.7 Å². The first kappa shape index (κ1) is 11.2. The van der Waals surface area contributed by atoms with E-state index < -0.39 is 5.82 Å². The van der Waals surface area contributed by atoms with Gasteiger partial charge in [-0.2, -0.15) is 0 Å². The molecule has 2 unspecified atom stereocenters. The van der Waals surface area contributed by atoms with Crippen molar-refractivity contribution in [2.75, 3.05) is 13.1 Å². The van der Waals surface area contributed by atoms with Gasteiger partial charge in [0.2, 0.25) is 0 Å². The van der Waals surface area contributed by atoms with Crippen molar-refractivity contribution >= 4 is 21.8 Å². The fraction of sp³-hybridized carbons (Fsp3) is 0.417. The summed E-state index contributed by atoms with van der Waals surface area (Å²) in [6, 6.07) is 4.62. The van der Waals surface area contributed by atoms with Crippen molar-refractivity contribution in [3.8, 4) is 0 Å². The van der Waals surface area contributed by atoms with Gasteiger partial charge in [-0.05, 0) is 30.0 Å². The van der Waals surface area contributed by atoms with Crippen LogP contribution in [-0.4, -0.2) is 25.0 Å². The minimum Gasteiger partial charge on any atom is -0.349 e. The van der Waals surface area contributed by atoms with E-state index in [0.717, 1.165) is 13.1 Å². The van der Waals surface area contributed by atoms with Gasteiger partial charge in [0.05, 0.1) is 5.56 Å². The summed E-state index contributed by atoms with van der Waals surface area (Å²) in [4.78, 5) is 11.9. The standard InChI is InChI=1S/C12H12BrFN2O/c13-6-1-2-10(14)7(3-6)12(17)16-11-8-4-15-5-9(8)11/h1-3,8-9,11,15H,4-5H2,(H,16,17). The number of rotatable bonds is 2. The molecule has 1 saturated heterocycles. The number of hydrogen-bond acceptors (Lipinski definition) is 2. The monoisotopic (exact) mass is 298 g/mol. The first-order chi connectivity index (χ1) is 8.16. The van der Waals surface area contributed by atoms with E-state index in [1.54, 1.807) is 6.07 Å². The molecular weight excluding hydrogens is 287 g/mol. The average Bonchev–Trinajstić information content (AvgIpc) is 2.76. The molecule has 1 saturated carbocycles. The summed E-state index contributed by atoms with van der Waals surface area (Å²) >= 11 is 3.24. The third kappa shape index (κ3) is 1.98. The lowest BCUT2D eigenvalue weighted by atomic mass is 10.2. The molecule has 2 N–H and O–H groups in total. The second-order valence-electron chi connectivity index (χ2n) is 4.61. The number of carbonyl (C=O) groups excluding carboxylic acids is 1. The van der Waals surface area contributed by atoms with Crippen LogP contribution in [0, 0.1) is 17.7 Å².